The number of rotatable bonds is 3. The van der Waals surface area contributed by atoms with E-state index in [4.69, 9.17) is 5.73 Å². The minimum atomic E-state index is -3.59. The molecule has 1 atom stereocenters. The Bertz CT molecular complexity index is 766. The van der Waals surface area contributed by atoms with Gasteiger partial charge in [-0.25, -0.2) is 17.2 Å². The van der Waals surface area contributed by atoms with Gasteiger partial charge < -0.3 is 5.73 Å². The van der Waals surface area contributed by atoms with Crippen LogP contribution in [-0.2, 0) is 10.0 Å². The van der Waals surface area contributed by atoms with Crippen LogP contribution in [0.2, 0.25) is 0 Å². The number of amides is 2. The Labute approximate surface area is 116 Å². The highest BCUT2D eigenvalue weighted by Gasteiger charge is 2.25. The van der Waals surface area contributed by atoms with Crippen molar-refractivity contribution in [3.05, 3.63) is 36.0 Å². The van der Waals surface area contributed by atoms with Gasteiger partial charge in [-0.15, -0.1) is 0 Å². The van der Waals surface area contributed by atoms with Crippen LogP contribution in [0.1, 0.15) is 18.7 Å². The van der Waals surface area contributed by atoms with E-state index in [-0.39, 0.29) is 5.69 Å². The number of hydrogen-bond donors (Lipinski definition) is 2. The highest BCUT2D eigenvalue weighted by atomic mass is 32.2. The summed E-state index contributed by atoms with van der Waals surface area (Å²) in [6.07, 6.45) is 1.06. The molecule has 108 valence electrons. The van der Waals surface area contributed by atoms with E-state index in [1.807, 2.05) is 0 Å². The van der Waals surface area contributed by atoms with Gasteiger partial charge in [0.05, 0.1) is 23.5 Å². The maximum absolute atomic E-state index is 12.0. The van der Waals surface area contributed by atoms with Crippen molar-refractivity contribution in [3.63, 3.8) is 0 Å². The number of fused-ring (bicyclic) bond motifs is 1. The summed E-state index contributed by atoms with van der Waals surface area (Å²) in [5, 5.41) is 10.6. The van der Waals surface area contributed by atoms with Gasteiger partial charge in [-0.2, -0.15) is 5.06 Å². The Kier molecular flexibility index (Phi) is 3.45. The molecule has 7 nitrogen and oxygen atoms in total. The van der Waals surface area contributed by atoms with Crippen molar-refractivity contribution in [2.45, 2.75) is 13.0 Å². The van der Waals surface area contributed by atoms with E-state index in [9.17, 15) is 18.4 Å². The second kappa shape index (κ2) is 4.80. The smallest absolute Gasteiger partial charge is 0.339 e. The first-order valence-corrected chi connectivity index (χ1v) is 7.67. The molecule has 1 aromatic carbocycles. The summed E-state index contributed by atoms with van der Waals surface area (Å²) in [6.45, 7) is 1.49. The molecule has 0 aliphatic rings. The predicted molar refractivity (Wildman–Crippen MR) is 73.8 cm³/mol. The van der Waals surface area contributed by atoms with Crippen LogP contribution in [0.4, 0.5) is 4.79 Å². The number of nitrogens with zero attached hydrogens (tertiary/aromatic N) is 2. The number of benzene rings is 1. The van der Waals surface area contributed by atoms with Gasteiger partial charge in [0, 0.05) is 5.39 Å². The molecule has 3 N–H and O–H groups in total. The lowest BCUT2D eigenvalue weighted by Gasteiger charge is -2.21. The summed E-state index contributed by atoms with van der Waals surface area (Å²) in [4.78, 5) is 11.0. The molecule has 0 fully saturated rings. The van der Waals surface area contributed by atoms with E-state index in [2.05, 4.69) is 0 Å². The first-order valence-electron chi connectivity index (χ1n) is 5.82. The molecule has 8 heteroatoms. The minimum Gasteiger partial charge on any atom is -0.350 e. The number of para-hydroxylation sites is 1. The molecule has 1 heterocycles. The van der Waals surface area contributed by atoms with Crippen molar-refractivity contribution in [2.24, 2.45) is 5.73 Å². The van der Waals surface area contributed by atoms with Crippen LogP contribution >= 0.6 is 0 Å². The lowest BCUT2D eigenvalue weighted by molar-refractivity contribution is -0.0721. The number of nitrogens with two attached hydrogens (primary N) is 1. The van der Waals surface area contributed by atoms with Gasteiger partial charge >= 0.3 is 6.03 Å². The number of carbonyl (C=O) groups is 1. The molecule has 20 heavy (non-hydrogen) atoms. The van der Waals surface area contributed by atoms with Crippen molar-refractivity contribution in [1.29, 1.82) is 0 Å². The van der Waals surface area contributed by atoms with Crippen molar-refractivity contribution >= 4 is 27.0 Å². The predicted octanol–water partition coefficient (Wildman–Crippen LogP) is 1.28. The average molecular weight is 297 g/mol. The zero-order chi connectivity index (χ0) is 15.1. The molecule has 1 unspecified atom stereocenters. The molecule has 1 aromatic heterocycles. The summed E-state index contributed by atoms with van der Waals surface area (Å²) in [5.41, 5.74) is 5.75. The lowest BCUT2D eigenvalue weighted by Crippen LogP contribution is -2.36. The summed E-state index contributed by atoms with van der Waals surface area (Å²) >= 11 is 0. The van der Waals surface area contributed by atoms with Crippen LogP contribution < -0.4 is 5.73 Å². The first-order chi connectivity index (χ1) is 9.23. The van der Waals surface area contributed by atoms with E-state index in [1.165, 1.54) is 6.92 Å². The second-order valence-electron chi connectivity index (χ2n) is 4.51. The summed E-state index contributed by atoms with van der Waals surface area (Å²) in [5.74, 6) is 0. The van der Waals surface area contributed by atoms with Crippen LogP contribution in [0.15, 0.2) is 30.3 Å². The maximum atomic E-state index is 12.0. The third-order valence-electron chi connectivity index (χ3n) is 3.05. The molecule has 0 saturated heterocycles. The fourth-order valence-electron chi connectivity index (χ4n) is 2.13. The van der Waals surface area contributed by atoms with Crippen LogP contribution in [0.5, 0.6) is 0 Å². The Morgan fingerprint density at radius 1 is 1.40 bits per heavy atom. The van der Waals surface area contributed by atoms with E-state index in [0.29, 0.717) is 16.0 Å². The van der Waals surface area contributed by atoms with E-state index < -0.39 is 22.1 Å². The third-order valence-corrected chi connectivity index (χ3v) is 4.12. The number of hydrogen-bond acceptors (Lipinski definition) is 4. The van der Waals surface area contributed by atoms with Gasteiger partial charge in [0.25, 0.3) is 0 Å². The summed E-state index contributed by atoms with van der Waals surface area (Å²) in [6, 6.07) is 6.54. The molecule has 0 saturated carbocycles. The fourth-order valence-corrected chi connectivity index (χ4v) is 3.24. The molecule has 0 aliphatic carbocycles. The first kappa shape index (κ1) is 14.4. The van der Waals surface area contributed by atoms with Crippen LogP contribution in [0.25, 0.3) is 10.9 Å². The summed E-state index contributed by atoms with van der Waals surface area (Å²) in [7, 11) is -3.59. The average Bonchev–Trinajstić information content (AvgIpc) is 2.75. The zero-order valence-electron chi connectivity index (χ0n) is 11.0. The van der Waals surface area contributed by atoms with Gasteiger partial charge in [-0.1, -0.05) is 18.2 Å². The molecule has 0 aliphatic heterocycles. The van der Waals surface area contributed by atoms with Crippen molar-refractivity contribution < 1.29 is 18.4 Å². The molecule has 0 radical (unpaired) electrons. The van der Waals surface area contributed by atoms with Gasteiger partial charge in [-0.05, 0) is 19.1 Å². The monoisotopic (exact) mass is 297 g/mol. The zero-order valence-corrected chi connectivity index (χ0v) is 11.8. The topological polar surface area (TPSA) is 106 Å². The van der Waals surface area contributed by atoms with Gasteiger partial charge in [0.2, 0.25) is 10.0 Å². The van der Waals surface area contributed by atoms with Gasteiger partial charge in [0.15, 0.2) is 0 Å². The standard InChI is InChI=1S/C12H15N3O4S/c1-8(14(17)12(13)16)11-7-9-5-3-4-6-10(9)15(11)20(2,18)19/h3-8,17H,1-2H3,(H2,13,16). The Morgan fingerprint density at radius 2 is 2.00 bits per heavy atom. The summed E-state index contributed by atoms with van der Waals surface area (Å²) < 4.78 is 25.0. The van der Waals surface area contributed by atoms with Crippen LogP contribution in [0.3, 0.4) is 0 Å². The fraction of sp³-hybridized carbons (Fsp3) is 0.250. The molecular weight excluding hydrogens is 282 g/mol. The second-order valence-corrected chi connectivity index (χ2v) is 6.35. The SMILES string of the molecule is CC(c1cc2ccccc2n1S(C)(=O)=O)N(O)C(N)=O. The molecule has 0 bridgehead atoms. The highest BCUT2D eigenvalue weighted by molar-refractivity contribution is 7.89. The van der Waals surface area contributed by atoms with E-state index in [0.717, 1.165) is 10.2 Å². The Morgan fingerprint density at radius 3 is 2.55 bits per heavy atom. The number of aromatic nitrogens is 1. The number of primary amides is 1. The molecule has 2 amide bonds. The molecule has 2 rings (SSSR count). The van der Waals surface area contributed by atoms with E-state index >= 15 is 0 Å². The molecule has 0 spiro atoms. The van der Waals surface area contributed by atoms with Crippen LogP contribution in [0, 0.1) is 0 Å². The van der Waals surface area contributed by atoms with Crippen LogP contribution in [-0.4, -0.2) is 34.9 Å². The van der Waals surface area contributed by atoms with E-state index in [1.54, 1.807) is 30.3 Å². The number of hydroxylamine groups is 2. The Hall–Kier alpha value is -2.06. The quantitative estimate of drug-likeness (QED) is 0.657. The highest BCUT2D eigenvalue weighted by Crippen LogP contribution is 2.28. The number of urea groups is 1. The van der Waals surface area contributed by atoms with Gasteiger partial charge in [0.1, 0.15) is 0 Å². The van der Waals surface area contributed by atoms with Crippen molar-refractivity contribution in [1.82, 2.24) is 9.04 Å². The van der Waals surface area contributed by atoms with Crippen molar-refractivity contribution in [3.8, 4) is 0 Å². The molecule has 2 aromatic rings. The number of carbonyl (C=O) groups excluding carboxylic acids is 1. The Balaban J connectivity index is 2.73. The third kappa shape index (κ3) is 2.35. The minimum absolute atomic E-state index is 0.259. The normalized spacial score (nSPS) is 13.3. The van der Waals surface area contributed by atoms with Gasteiger partial charge in [-0.3, -0.25) is 5.21 Å². The lowest BCUT2D eigenvalue weighted by atomic mass is 10.2. The molecular formula is C12H15N3O4S. The maximum Gasteiger partial charge on any atom is 0.339 e. The largest absolute Gasteiger partial charge is 0.350 e. The van der Waals surface area contributed by atoms with Crippen molar-refractivity contribution in [2.75, 3.05) is 6.26 Å².